The van der Waals surface area contributed by atoms with Gasteiger partial charge in [0.25, 0.3) is 10.2 Å². The SMILES string of the molecule is CC(C(CO[N+](=O)[O-])O[N+](=O)[O-])C12CC3(C)CC(C)(CC(CN)(C3)C1)C2. The van der Waals surface area contributed by atoms with E-state index < -0.39 is 22.9 Å². The van der Waals surface area contributed by atoms with Crippen molar-refractivity contribution in [2.24, 2.45) is 33.3 Å². The van der Waals surface area contributed by atoms with Gasteiger partial charge in [-0.2, -0.15) is 0 Å². The topological polar surface area (TPSA) is 131 Å². The molecule has 0 aromatic rings. The van der Waals surface area contributed by atoms with Crippen LogP contribution in [0.2, 0.25) is 0 Å². The zero-order valence-electron chi connectivity index (χ0n) is 15.7. The molecule has 0 spiro atoms. The van der Waals surface area contributed by atoms with Gasteiger partial charge in [-0.1, -0.05) is 20.8 Å². The molecular weight excluding hydrogens is 342 g/mol. The van der Waals surface area contributed by atoms with E-state index >= 15 is 0 Å². The fraction of sp³-hybridized carbons (Fsp3) is 1.00. The molecule has 0 aromatic heterocycles. The van der Waals surface area contributed by atoms with Gasteiger partial charge in [-0.3, -0.25) is 0 Å². The van der Waals surface area contributed by atoms with Crippen LogP contribution in [0.1, 0.15) is 59.3 Å². The first-order valence-corrected chi connectivity index (χ1v) is 9.23. The van der Waals surface area contributed by atoms with Crippen LogP contribution in [0.15, 0.2) is 0 Å². The Bertz CT molecular complexity index is 593. The summed E-state index contributed by atoms with van der Waals surface area (Å²) in [6.07, 6.45) is 5.16. The molecule has 0 heterocycles. The quantitative estimate of drug-likeness (QED) is 0.512. The molecule has 0 aliphatic heterocycles. The highest BCUT2D eigenvalue weighted by Gasteiger charge is 2.66. The lowest BCUT2D eigenvalue weighted by Gasteiger charge is -2.71. The summed E-state index contributed by atoms with van der Waals surface area (Å²) in [5.74, 6) is -0.238. The lowest BCUT2D eigenvalue weighted by atomic mass is 9.34. The second-order valence-electron chi connectivity index (χ2n) is 9.92. The molecule has 4 aliphatic rings. The van der Waals surface area contributed by atoms with E-state index in [9.17, 15) is 20.2 Å². The molecule has 4 saturated carbocycles. The first-order chi connectivity index (χ1) is 11.9. The number of nitrogens with two attached hydrogens (primary N) is 1. The van der Waals surface area contributed by atoms with Gasteiger partial charge in [0, 0.05) is 0 Å². The molecule has 0 saturated heterocycles. The molecule has 4 unspecified atom stereocenters. The van der Waals surface area contributed by atoms with Crippen LogP contribution in [0.25, 0.3) is 0 Å². The Balaban J connectivity index is 1.92. The Morgan fingerprint density at radius 1 is 1.00 bits per heavy atom. The summed E-state index contributed by atoms with van der Waals surface area (Å²) < 4.78 is 0. The van der Waals surface area contributed by atoms with Gasteiger partial charge in [0.2, 0.25) is 0 Å². The maximum Gasteiger partial charge on any atom is 0.294 e. The first-order valence-electron chi connectivity index (χ1n) is 9.23. The molecule has 0 radical (unpaired) electrons. The second kappa shape index (κ2) is 5.94. The third-order valence-electron chi connectivity index (χ3n) is 7.26. The average molecular weight is 371 g/mol. The molecular formula is C17H29N3O6. The van der Waals surface area contributed by atoms with Gasteiger partial charge in [0.1, 0.15) is 12.7 Å². The molecule has 0 aromatic carbocycles. The van der Waals surface area contributed by atoms with Crippen LogP contribution in [-0.4, -0.2) is 29.4 Å². The van der Waals surface area contributed by atoms with E-state index in [1.807, 2.05) is 6.92 Å². The van der Waals surface area contributed by atoms with Crippen molar-refractivity contribution in [1.82, 2.24) is 0 Å². The largest absolute Gasteiger partial charge is 0.330 e. The van der Waals surface area contributed by atoms with Crippen molar-refractivity contribution >= 4 is 0 Å². The number of hydrogen-bond donors (Lipinski definition) is 1. The summed E-state index contributed by atoms with van der Waals surface area (Å²) in [7, 11) is 0. The Hall–Kier alpha value is -1.64. The zero-order chi connectivity index (χ0) is 19.4. The van der Waals surface area contributed by atoms with Gasteiger partial charge < -0.3 is 15.4 Å². The number of nitrogens with zero attached hydrogens (tertiary/aromatic N) is 2. The van der Waals surface area contributed by atoms with Crippen LogP contribution in [0.3, 0.4) is 0 Å². The van der Waals surface area contributed by atoms with E-state index in [1.54, 1.807) is 0 Å². The number of rotatable bonds is 8. The minimum atomic E-state index is -0.964. The smallest absolute Gasteiger partial charge is 0.294 e. The fourth-order valence-electron chi connectivity index (χ4n) is 7.64. The molecule has 9 nitrogen and oxygen atoms in total. The molecule has 4 fully saturated rings. The molecule has 9 heteroatoms. The molecule has 2 N–H and O–H groups in total. The summed E-state index contributed by atoms with van der Waals surface area (Å²) in [6, 6.07) is 0. The molecule has 26 heavy (non-hydrogen) atoms. The summed E-state index contributed by atoms with van der Waals surface area (Å²) in [6.45, 7) is 6.69. The molecule has 0 amide bonds. The van der Waals surface area contributed by atoms with E-state index in [4.69, 9.17) is 10.6 Å². The Kier molecular flexibility index (Phi) is 4.37. The predicted octanol–water partition coefficient (Wildman–Crippen LogP) is 2.73. The van der Waals surface area contributed by atoms with E-state index in [0.29, 0.717) is 6.54 Å². The summed E-state index contributed by atoms with van der Waals surface area (Å²) in [4.78, 5) is 30.9. The van der Waals surface area contributed by atoms with Crippen molar-refractivity contribution in [3.05, 3.63) is 20.2 Å². The first kappa shape index (κ1) is 19.1. The van der Waals surface area contributed by atoms with Gasteiger partial charge in [-0.15, -0.1) is 20.2 Å². The lowest BCUT2D eigenvalue weighted by molar-refractivity contribution is -0.792. The van der Waals surface area contributed by atoms with Gasteiger partial charge in [-0.25, -0.2) is 0 Å². The minimum absolute atomic E-state index is 0.0512. The Morgan fingerprint density at radius 2 is 1.58 bits per heavy atom. The van der Waals surface area contributed by atoms with E-state index in [0.717, 1.165) is 38.5 Å². The Morgan fingerprint density at radius 3 is 2.04 bits per heavy atom. The highest BCUT2D eigenvalue weighted by Crippen LogP contribution is 2.75. The molecule has 4 bridgehead atoms. The minimum Gasteiger partial charge on any atom is -0.330 e. The monoisotopic (exact) mass is 371 g/mol. The number of hydrogen-bond acceptors (Lipinski definition) is 7. The van der Waals surface area contributed by atoms with Crippen LogP contribution in [0.5, 0.6) is 0 Å². The normalized spacial score (nSPS) is 42.9. The second-order valence-corrected chi connectivity index (χ2v) is 9.92. The highest BCUT2D eigenvalue weighted by atomic mass is 17.0. The van der Waals surface area contributed by atoms with Crippen molar-refractivity contribution in [2.75, 3.05) is 13.2 Å². The van der Waals surface area contributed by atoms with Crippen molar-refractivity contribution in [3.63, 3.8) is 0 Å². The van der Waals surface area contributed by atoms with Crippen molar-refractivity contribution < 1.29 is 19.8 Å². The predicted molar refractivity (Wildman–Crippen MR) is 91.8 cm³/mol. The van der Waals surface area contributed by atoms with Crippen LogP contribution in [0.4, 0.5) is 0 Å². The summed E-state index contributed by atoms with van der Waals surface area (Å²) in [5, 5.41) is 19.8. The van der Waals surface area contributed by atoms with Crippen LogP contribution in [-0.2, 0) is 9.68 Å². The van der Waals surface area contributed by atoms with E-state index in [-0.39, 0.29) is 27.6 Å². The van der Waals surface area contributed by atoms with Gasteiger partial charge >= 0.3 is 0 Å². The van der Waals surface area contributed by atoms with Gasteiger partial charge in [-0.05, 0) is 72.6 Å². The van der Waals surface area contributed by atoms with E-state index in [2.05, 4.69) is 18.7 Å². The maximum atomic E-state index is 11.0. The van der Waals surface area contributed by atoms with Gasteiger partial charge in [0.05, 0.1) is 0 Å². The zero-order valence-corrected chi connectivity index (χ0v) is 15.7. The average Bonchev–Trinajstić information content (AvgIpc) is 2.46. The van der Waals surface area contributed by atoms with Crippen LogP contribution >= 0.6 is 0 Å². The van der Waals surface area contributed by atoms with Crippen LogP contribution in [0, 0.1) is 47.8 Å². The molecule has 4 aliphatic carbocycles. The standard InChI is InChI=1S/C17H29N3O6/c1-12(13(26-20(23)24)4-25-19(21)22)17-8-14(2)5-15(3,9-17)7-16(6-14,10-17)11-18/h12-13H,4-11,18H2,1-3H3. The lowest BCUT2D eigenvalue weighted by Crippen LogP contribution is -2.64. The third-order valence-corrected chi connectivity index (χ3v) is 7.26. The fourth-order valence-corrected chi connectivity index (χ4v) is 7.64. The molecule has 4 rings (SSSR count). The van der Waals surface area contributed by atoms with Crippen molar-refractivity contribution in [2.45, 2.75) is 65.4 Å². The Labute approximate surface area is 152 Å². The van der Waals surface area contributed by atoms with Crippen molar-refractivity contribution in [1.29, 1.82) is 0 Å². The van der Waals surface area contributed by atoms with Crippen LogP contribution < -0.4 is 5.73 Å². The maximum absolute atomic E-state index is 11.0. The van der Waals surface area contributed by atoms with Crippen molar-refractivity contribution in [3.8, 4) is 0 Å². The highest BCUT2D eigenvalue weighted by molar-refractivity contribution is 5.17. The molecule has 4 atom stereocenters. The molecule has 148 valence electrons. The summed E-state index contributed by atoms with van der Waals surface area (Å²) in [5.41, 5.74) is 6.40. The summed E-state index contributed by atoms with van der Waals surface area (Å²) >= 11 is 0. The van der Waals surface area contributed by atoms with Gasteiger partial charge in [0.15, 0.2) is 0 Å². The third kappa shape index (κ3) is 3.21. The van der Waals surface area contributed by atoms with E-state index in [1.165, 1.54) is 0 Å².